The second-order valence-corrected chi connectivity index (χ2v) is 6.26. The Morgan fingerprint density at radius 1 is 1.30 bits per heavy atom. The minimum Gasteiger partial charge on any atom is -0.481 e. The minimum absolute atomic E-state index is 0.357. The van der Waals surface area contributed by atoms with Crippen molar-refractivity contribution in [3.8, 4) is 5.69 Å². The standard InChI is InChI=1S/C18H25N3O2/c1-13(2)9-15(18(22)23)10-19-11-17-12-20-14(3)21(17)16-7-5-4-6-8-16/h4-8,12-13,15,19H,9-11H2,1-3H3,(H,22,23). The van der Waals surface area contributed by atoms with Crippen LogP contribution >= 0.6 is 0 Å². The van der Waals surface area contributed by atoms with Crippen LogP contribution in [0.1, 0.15) is 31.8 Å². The van der Waals surface area contributed by atoms with Gasteiger partial charge < -0.3 is 10.4 Å². The molecule has 0 bridgehead atoms. The van der Waals surface area contributed by atoms with Gasteiger partial charge in [0.25, 0.3) is 0 Å². The molecule has 0 aliphatic rings. The predicted molar refractivity (Wildman–Crippen MR) is 90.6 cm³/mol. The van der Waals surface area contributed by atoms with E-state index in [0.717, 1.165) is 17.2 Å². The Bertz CT molecular complexity index is 635. The molecule has 1 aromatic carbocycles. The fourth-order valence-electron chi connectivity index (χ4n) is 2.76. The molecule has 0 spiro atoms. The van der Waals surface area contributed by atoms with Crippen molar-refractivity contribution in [1.82, 2.24) is 14.9 Å². The normalized spacial score (nSPS) is 12.5. The van der Waals surface area contributed by atoms with E-state index in [-0.39, 0.29) is 5.92 Å². The van der Waals surface area contributed by atoms with Gasteiger partial charge in [-0.3, -0.25) is 9.36 Å². The van der Waals surface area contributed by atoms with Crippen LogP contribution in [0.5, 0.6) is 0 Å². The van der Waals surface area contributed by atoms with Gasteiger partial charge in [0.2, 0.25) is 0 Å². The molecule has 0 saturated carbocycles. The number of carboxylic acid groups (broad SMARTS) is 1. The first kappa shape index (κ1) is 17.2. The molecule has 5 heteroatoms. The van der Waals surface area contributed by atoms with Crippen molar-refractivity contribution in [3.05, 3.63) is 48.0 Å². The number of aliphatic carboxylic acids is 1. The number of aryl methyl sites for hydroxylation is 1. The average Bonchev–Trinajstić information content (AvgIpc) is 2.87. The van der Waals surface area contributed by atoms with E-state index >= 15 is 0 Å². The van der Waals surface area contributed by atoms with Crippen molar-refractivity contribution >= 4 is 5.97 Å². The second-order valence-electron chi connectivity index (χ2n) is 6.26. The topological polar surface area (TPSA) is 67.2 Å². The van der Waals surface area contributed by atoms with E-state index in [4.69, 9.17) is 0 Å². The second kappa shape index (κ2) is 7.92. The van der Waals surface area contributed by atoms with Gasteiger partial charge in [0.1, 0.15) is 5.82 Å². The molecule has 2 N–H and O–H groups in total. The Hall–Kier alpha value is -2.14. The maximum atomic E-state index is 11.3. The van der Waals surface area contributed by atoms with E-state index in [1.165, 1.54) is 0 Å². The van der Waals surface area contributed by atoms with Crippen LogP contribution in [0.25, 0.3) is 5.69 Å². The van der Waals surface area contributed by atoms with Crippen LogP contribution in [0.4, 0.5) is 0 Å². The fourth-order valence-corrected chi connectivity index (χ4v) is 2.76. The molecule has 0 radical (unpaired) electrons. The molecule has 1 atom stereocenters. The molecule has 0 amide bonds. The first-order valence-corrected chi connectivity index (χ1v) is 8.01. The Balaban J connectivity index is 2.03. The van der Waals surface area contributed by atoms with Crippen LogP contribution in [0.15, 0.2) is 36.5 Å². The maximum absolute atomic E-state index is 11.3. The molecule has 23 heavy (non-hydrogen) atoms. The van der Waals surface area contributed by atoms with Gasteiger partial charge >= 0.3 is 5.97 Å². The molecule has 0 saturated heterocycles. The van der Waals surface area contributed by atoms with Crippen LogP contribution < -0.4 is 5.32 Å². The molecule has 1 heterocycles. The monoisotopic (exact) mass is 315 g/mol. The third kappa shape index (κ3) is 4.66. The van der Waals surface area contributed by atoms with Gasteiger partial charge in [0.15, 0.2) is 0 Å². The molecule has 5 nitrogen and oxygen atoms in total. The van der Waals surface area contributed by atoms with Gasteiger partial charge in [-0.15, -0.1) is 0 Å². The number of imidazole rings is 1. The first-order chi connectivity index (χ1) is 11.0. The SMILES string of the molecule is Cc1ncc(CNCC(CC(C)C)C(=O)O)n1-c1ccccc1. The number of hydrogen-bond acceptors (Lipinski definition) is 3. The van der Waals surface area contributed by atoms with Crippen molar-refractivity contribution in [2.24, 2.45) is 11.8 Å². The predicted octanol–water partition coefficient (Wildman–Crippen LogP) is 3.02. The van der Waals surface area contributed by atoms with Gasteiger partial charge in [-0.25, -0.2) is 4.98 Å². The lowest BCUT2D eigenvalue weighted by molar-refractivity contribution is -0.142. The molecule has 0 fully saturated rings. The highest BCUT2D eigenvalue weighted by Crippen LogP contribution is 2.15. The van der Waals surface area contributed by atoms with Gasteiger partial charge in [-0.05, 0) is 31.4 Å². The van der Waals surface area contributed by atoms with Crippen molar-refractivity contribution in [3.63, 3.8) is 0 Å². The minimum atomic E-state index is -0.737. The van der Waals surface area contributed by atoms with E-state index in [1.807, 2.05) is 57.3 Å². The van der Waals surface area contributed by atoms with Gasteiger partial charge in [0.05, 0.1) is 17.8 Å². The lowest BCUT2D eigenvalue weighted by Gasteiger charge is -2.16. The van der Waals surface area contributed by atoms with Crippen molar-refractivity contribution in [2.75, 3.05) is 6.54 Å². The number of benzene rings is 1. The summed E-state index contributed by atoms with van der Waals surface area (Å²) in [5.41, 5.74) is 2.10. The molecule has 2 aromatic rings. The summed E-state index contributed by atoms with van der Waals surface area (Å²) >= 11 is 0. The van der Waals surface area contributed by atoms with Gasteiger partial charge in [-0.2, -0.15) is 0 Å². The zero-order valence-electron chi connectivity index (χ0n) is 14.0. The van der Waals surface area contributed by atoms with Crippen molar-refractivity contribution < 1.29 is 9.90 Å². The number of para-hydroxylation sites is 1. The Morgan fingerprint density at radius 3 is 2.61 bits per heavy atom. The first-order valence-electron chi connectivity index (χ1n) is 8.01. The van der Waals surface area contributed by atoms with E-state index in [9.17, 15) is 9.90 Å². The Labute approximate surface area is 137 Å². The lowest BCUT2D eigenvalue weighted by Crippen LogP contribution is -2.29. The van der Waals surface area contributed by atoms with Crippen molar-refractivity contribution in [2.45, 2.75) is 33.7 Å². The third-order valence-corrected chi connectivity index (χ3v) is 3.83. The Morgan fingerprint density at radius 2 is 2.00 bits per heavy atom. The smallest absolute Gasteiger partial charge is 0.307 e. The molecular formula is C18H25N3O2. The zero-order valence-corrected chi connectivity index (χ0v) is 14.0. The summed E-state index contributed by atoms with van der Waals surface area (Å²) in [6.45, 7) is 7.12. The van der Waals surface area contributed by atoms with Crippen LogP contribution in [-0.4, -0.2) is 27.2 Å². The molecular weight excluding hydrogens is 290 g/mol. The molecule has 0 aliphatic carbocycles. The van der Waals surface area contributed by atoms with E-state index in [1.54, 1.807) is 0 Å². The van der Waals surface area contributed by atoms with Crippen molar-refractivity contribution in [1.29, 1.82) is 0 Å². The zero-order chi connectivity index (χ0) is 16.8. The average molecular weight is 315 g/mol. The summed E-state index contributed by atoms with van der Waals surface area (Å²) in [5, 5.41) is 12.6. The van der Waals surface area contributed by atoms with Crippen LogP contribution in [0.3, 0.4) is 0 Å². The molecule has 1 aromatic heterocycles. The van der Waals surface area contributed by atoms with Crippen LogP contribution in [0.2, 0.25) is 0 Å². The summed E-state index contributed by atoms with van der Waals surface area (Å²) in [5.74, 6) is 0.197. The molecule has 1 unspecified atom stereocenters. The number of nitrogens with one attached hydrogen (secondary N) is 1. The number of rotatable bonds is 8. The summed E-state index contributed by atoms with van der Waals surface area (Å²) in [4.78, 5) is 15.7. The molecule has 124 valence electrons. The number of carboxylic acids is 1. The van der Waals surface area contributed by atoms with E-state index < -0.39 is 5.97 Å². The van der Waals surface area contributed by atoms with Crippen LogP contribution in [-0.2, 0) is 11.3 Å². The highest BCUT2D eigenvalue weighted by Gasteiger charge is 2.18. The number of carbonyl (C=O) groups is 1. The van der Waals surface area contributed by atoms with E-state index in [0.29, 0.717) is 25.4 Å². The van der Waals surface area contributed by atoms with Crippen LogP contribution in [0, 0.1) is 18.8 Å². The largest absolute Gasteiger partial charge is 0.481 e. The summed E-state index contributed by atoms with van der Waals surface area (Å²) in [6.07, 6.45) is 2.52. The Kier molecular flexibility index (Phi) is 5.93. The third-order valence-electron chi connectivity index (χ3n) is 3.83. The quantitative estimate of drug-likeness (QED) is 0.786. The summed E-state index contributed by atoms with van der Waals surface area (Å²) < 4.78 is 2.09. The number of aromatic nitrogens is 2. The molecule has 0 aliphatic heterocycles. The lowest BCUT2D eigenvalue weighted by atomic mass is 9.97. The number of hydrogen-bond donors (Lipinski definition) is 2. The fraction of sp³-hybridized carbons (Fsp3) is 0.444. The van der Waals surface area contributed by atoms with E-state index in [2.05, 4.69) is 14.9 Å². The highest BCUT2D eigenvalue weighted by molar-refractivity contribution is 5.70. The maximum Gasteiger partial charge on any atom is 0.307 e. The molecule has 2 rings (SSSR count). The summed E-state index contributed by atoms with van der Waals surface area (Å²) in [6, 6.07) is 10.1. The summed E-state index contributed by atoms with van der Waals surface area (Å²) in [7, 11) is 0. The van der Waals surface area contributed by atoms with Gasteiger partial charge in [0, 0.05) is 18.8 Å². The number of nitrogens with zero attached hydrogens (tertiary/aromatic N) is 2. The highest BCUT2D eigenvalue weighted by atomic mass is 16.4. The van der Waals surface area contributed by atoms with Gasteiger partial charge in [-0.1, -0.05) is 32.0 Å².